The largest absolute Gasteiger partial charge is 0.305 e. The van der Waals surface area contributed by atoms with E-state index in [9.17, 15) is 13.2 Å². The van der Waals surface area contributed by atoms with E-state index in [2.05, 4.69) is 5.32 Å². The van der Waals surface area contributed by atoms with Crippen molar-refractivity contribution in [3.8, 4) is 0 Å². The van der Waals surface area contributed by atoms with Crippen molar-refractivity contribution in [2.45, 2.75) is 32.7 Å². The summed E-state index contributed by atoms with van der Waals surface area (Å²) in [4.78, 5) is 0. The van der Waals surface area contributed by atoms with Gasteiger partial charge in [-0.15, -0.1) is 0 Å². The molecule has 1 nitrogen and oxygen atoms in total. The van der Waals surface area contributed by atoms with Gasteiger partial charge in [0.15, 0.2) is 0 Å². The highest BCUT2D eigenvalue weighted by molar-refractivity contribution is 5.30. The minimum atomic E-state index is -2.49. The van der Waals surface area contributed by atoms with E-state index in [0.717, 1.165) is 6.42 Å². The topological polar surface area (TPSA) is 12.0 Å². The molecule has 1 aromatic carbocycles. The van der Waals surface area contributed by atoms with E-state index in [1.807, 2.05) is 6.92 Å². The molecule has 1 unspecified atom stereocenters. The Morgan fingerprint density at radius 2 is 2.00 bits per heavy atom. The first kappa shape index (κ1) is 13.0. The highest BCUT2D eigenvalue weighted by atomic mass is 19.3. The van der Waals surface area contributed by atoms with Gasteiger partial charge in [0.25, 0.3) is 6.43 Å². The van der Waals surface area contributed by atoms with E-state index in [-0.39, 0.29) is 0 Å². The van der Waals surface area contributed by atoms with E-state index in [1.54, 1.807) is 6.92 Å². The lowest BCUT2D eigenvalue weighted by atomic mass is 10.0. The minimum Gasteiger partial charge on any atom is -0.305 e. The molecule has 0 aromatic heterocycles. The second kappa shape index (κ2) is 5.89. The molecule has 0 aliphatic carbocycles. The average molecular weight is 231 g/mol. The third kappa shape index (κ3) is 3.23. The molecule has 0 aliphatic heterocycles. The zero-order valence-electron chi connectivity index (χ0n) is 9.43. The zero-order chi connectivity index (χ0) is 12.1. The first-order valence-corrected chi connectivity index (χ1v) is 5.33. The molecule has 0 fully saturated rings. The lowest BCUT2D eigenvalue weighted by molar-refractivity contribution is 0.0981. The van der Waals surface area contributed by atoms with Gasteiger partial charge in [-0.05, 0) is 43.1 Å². The third-order valence-electron chi connectivity index (χ3n) is 2.43. The molecular formula is C12H16F3N. The number of rotatable bonds is 5. The Morgan fingerprint density at radius 3 is 2.50 bits per heavy atom. The van der Waals surface area contributed by atoms with E-state index in [1.165, 1.54) is 18.2 Å². The van der Waals surface area contributed by atoms with Crippen molar-refractivity contribution in [1.29, 1.82) is 0 Å². The molecule has 0 spiro atoms. The summed E-state index contributed by atoms with van der Waals surface area (Å²) in [6.45, 7) is 4.07. The molecule has 1 rings (SSSR count). The van der Waals surface area contributed by atoms with Gasteiger partial charge in [-0.3, -0.25) is 0 Å². The standard InChI is InChI=1S/C12H16F3N/c1-3-6-16-11(12(14)15)10-5-4-9(13)7-8(10)2/h4-5,7,11-12,16H,3,6H2,1-2H3. The summed E-state index contributed by atoms with van der Waals surface area (Å²) >= 11 is 0. The van der Waals surface area contributed by atoms with Crippen LogP contribution < -0.4 is 5.32 Å². The molecule has 0 heterocycles. The van der Waals surface area contributed by atoms with Gasteiger partial charge in [-0.2, -0.15) is 0 Å². The molecule has 0 saturated heterocycles. The van der Waals surface area contributed by atoms with E-state index >= 15 is 0 Å². The Hall–Kier alpha value is -1.03. The quantitative estimate of drug-likeness (QED) is 0.818. The molecular weight excluding hydrogens is 215 g/mol. The number of nitrogens with one attached hydrogen (secondary N) is 1. The van der Waals surface area contributed by atoms with Crippen LogP contribution in [0.4, 0.5) is 13.2 Å². The lowest BCUT2D eigenvalue weighted by Gasteiger charge is -2.20. The second-order valence-electron chi connectivity index (χ2n) is 3.77. The number of hydrogen-bond acceptors (Lipinski definition) is 1. The fourth-order valence-corrected chi connectivity index (χ4v) is 1.62. The molecule has 16 heavy (non-hydrogen) atoms. The first-order valence-electron chi connectivity index (χ1n) is 5.33. The van der Waals surface area contributed by atoms with Crippen molar-refractivity contribution in [3.05, 3.63) is 35.1 Å². The number of hydrogen-bond donors (Lipinski definition) is 1. The van der Waals surface area contributed by atoms with Crippen molar-refractivity contribution in [2.24, 2.45) is 0 Å². The van der Waals surface area contributed by atoms with Crippen LogP contribution in [0.25, 0.3) is 0 Å². The summed E-state index contributed by atoms with van der Waals surface area (Å²) in [5.41, 5.74) is 1.01. The van der Waals surface area contributed by atoms with Crippen molar-refractivity contribution in [1.82, 2.24) is 5.32 Å². The summed E-state index contributed by atoms with van der Waals surface area (Å²) in [5, 5.41) is 2.77. The van der Waals surface area contributed by atoms with E-state index in [4.69, 9.17) is 0 Å². The Kier molecular flexibility index (Phi) is 4.80. The fourth-order valence-electron chi connectivity index (χ4n) is 1.62. The third-order valence-corrected chi connectivity index (χ3v) is 2.43. The maximum absolute atomic E-state index is 12.9. The summed E-state index contributed by atoms with van der Waals surface area (Å²) in [6.07, 6.45) is -1.71. The van der Waals surface area contributed by atoms with Gasteiger partial charge in [0.1, 0.15) is 5.82 Å². The molecule has 4 heteroatoms. The zero-order valence-corrected chi connectivity index (χ0v) is 9.43. The molecule has 0 radical (unpaired) electrons. The van der Waals surface area contributed by atoms with Crippen LogP contribution in [0.3, 0.4) is 0 Å². The molecule has 1 aromatic rings. The smallest absolute Gasteiger partial charge is 0.257 e. The van der Waals surface area contributed by atoms with Gasteiger partial charge in [0.05, 0.1) is 6.04 Å². The van der Waals surface area contributed by atoms with E-state index in [0.29, 0.717) is 17.7 Å². The number of aryl methyl sites for hydroxylation is 1. The van der Waals surface area contributed by atoms with Crippen LogP contribution >= 0.6 is 0 Å². The van der Waals surface area contributed by atoms with E-state index < -0.39 is 18.3 Å². The fraction of sp³-hybridized carbons (Fsp3) is 0.500. The Bertz CT molecular complexity index is 339. The van der Waals surface area contributed by atoms with Crippen LogP contribution in [0.15, 0.2) is 18.2 Å². The van der Waals surface area contributed by atoms with Crippen LogP contribution in [0.1, 0.15) is 30.5 Å². The van der Waals surface area contributed by atoms with Crippen LogP contribution in [0.5, 0.6) is 0 Å². The van der Waals surface area contributed by atoms with Gasteiger partial charge >= 0.3 is 0 Å². The molecule has 1 N–H and O–H groups in total. The Balaban J connectivity index is 2.92. The summed E-state index contributed by atoms with van der Waals surface area (Å²) in [7, 11) is 0. The van der Waals surface area contributed by atoms with Crippen molar-refractivity contribution < 1.29 is 13.2 Å². The second-order valence-corrected chi connectivity index (χ2v) is 3.77. The average Bonchev–Trinajstić information content (AvgIpc) is 2.20. The first-order chi connectivity index (χ1) is 7.56. The number of benzene rings is 1. The Morgan fingerprint density at radius 1 is 1.31 bits per heavy atom. The number of alkyl halides is 2. The predicted octanol–water partition coefficient (Wildman–Crippen LogP) is 3.44. The molecule has 0 aliphatic rings. The van der Waals surface area contributed by atoms with Crippen molar-refractivity contribution in [2.75, 3.05) is 6.54 Å². The molecule has 1 atom stereocenters. The highest BCUT2D eigenvalue weighted by Gasteiger charge is 2.23. The van der Waals surface area contributed by atoms with Gasteiger partial charge in [0, 0.05) is 0 Å². The van der Waals surface area contributed by atoms with Crippen LogP contribution in [0.2, 0.25) is 0 Å². The monoisotopic (exact) mass is 231 g/mol. The van der Waals surface area contributed by atoms with Gasteiger partial charge < -0.3 is 5.32 Å². The Labute approximate surface area is 93.7 Å². The van der Waals surface area contributed by atoms with Crippen molar-refractivity contribution in [3.63, 3.8) is 0 Å². The maximum atomic E-state index is 12.9. The molecule has 90 valence electrons. The predicted molar refractivity (Wildman–Crippen MR) is 58.2 cm³/mol. The minimum absolute atomic E-state index is 0.398. The highest BCUT2D eigenvalue weighted by Crippen LogP contribution is 2.24. The van der Waals surface area contributed by atoms with Crippen LogP contribution in [-0.4, -0.2) is 13.0 Å². The molecule has 0 bridgehead atoms. The molecule has 0 amide bonds. The SMILES string of the molecule is CCCNC(c1ccc(F)cc1C)C(F)F. The maximum Gasteiger partial charge on any atom is 0.257 e. The van der Waals surface area contributed by atoms with Gasteiger partial charge in [0.2, 0.25) is 0 Å². The van der Waals surface area contributed by atoms with Gasteiger partial charge in [-0.25, -0.2) is 13.2 Å². The summed E-state index contributed by atoms with van der Waals surface area (Å²) in [5.74, 6) is -0.398. The summed E-state index contributed by atoms with van der Waals surface area (Å²) < 4.78 is 38.5. The van der Waals surface area contributed by atoms with Crippen LogP contribution in [0, 0.1) is 12.7 Å². The lowest BCUT2D eigenvalue weighted by Crippen LogP contribution is -2.28. The van der Waals surface area contributed by atoms with Gasteiger partial charge in [-0.1, -0.05) is 13.0 Å². The van der Waals surface area contributed by atoms with Crippen LogP contribution in [-0.2, 0) is 0 Å². The summed E-state index contributed by atoms with van der Waals surface area (Å²) in [6, 6.07) is 2.90. The van der Waals surface area contributed by atoms with Crippen molar-refractivity contribution >= 4 is 0 Å². The number of halogens is 3. The normalized spacial score (nSPS) is 13.1. The molecule has 0 saturated carbocycles.